The Labute approximate surface area is 98.3 Å². The van der Waals surface area contributed by atoms with E-state index in [2.05, 4.69) is 16.0 Å². The van der Waals surface area contributed by atoms with Gasteiger partial charge in [0.1, 0.15) is 6.04 Å². The second-order valence-corrected chi connectivity index (χ2v) is 4.12. The molecule has 2 amide bonds. The maximum atomic E-state index is 12.8. The fraction of sp³-hybridized carbons (Fsp3) is 0.800. The molecule has 17 heavy (non-hydrogen) atoms. The minimum absolute atomic E-state index is 0.328. The molecule has 0 aromatic carbocycles. The normalized spacial score (nSPS) is 24.1. The highest BCUT2D eigenvalue weighted by molar-refractivity contribution is 5.89. The van der Waals surface area contributed by atoms with Gasteiger partial charge in [-0.2, -0.15) is 0 Å². The van der Waals surface area contributed by atoms with Crippen LogP contribution in [0.5, 0.6) is 0 Å². The molecule has 2 unspecified atom stereocenters. The van der Waals surface area contributed by atoms with Crippen molar-refractivity contribution in [3.63, 3.8) is 0 Å². The van der Waals surface area contributed by atoms with Crippen LogP contribution in [0.25, 0.3) is 0 Å². The van der Waals surface area contributed by atoms with Gasteiger partial charge in [0, 0.05) is 13.0 Å². The van der Waals surface area contributed by atoms with Crippen molar-refractivity contribution in [2.24, 2.45) is 0 Å². The third-order valence-electron chi connectivity index (χ3n) is 2.53. The molecule has 0 spiro atoms. The van der Waals surface area contributed by atoms with Crippen LogP contribution in [0, 0.1) is 0 Å². The van der Waals surface area contributed by atoms with Crippen molar-refractivity contribution < 1.29 is 18.4 Å². The average molecular weight is 249 g/mol. The fourth-order valence-corrected chi connectivity index (χ4v) is 1.61. The fourth-order valence-electron chi connectivity index (χ4n) is 1.61. The molecule has 0 aromatic heterocycles. The molecule has 1 heterocycles. The molecule has 1 aliphatic heterocycles. The Morgan fingerprint density at radius 1 is 1.53 bits per heavy atom. The molecule has 0 bridgehead atoms. The molecule has 1 saturated heterocycles. The minimum atomic E-state index is -2.85. The zero-order valence-corrected chi connectivity index (χ0v) is 9.85. The molecule has 2 atom stereocenters. The van der Waals surface area contributed by atoms with Crippen LogP contribution in [0.4, 0.5) is 8.78 Å². The highest BCUT2D eigenvalue weighted by Crippen LogP contribution is 2.25. The van der Waals surface area contributed by atoms with E-state index in [0.29, 0.717) is 6.54 Å². The summed E-state index contributed by atoms with van der Waals surface area (Å²) in [7, 11) is 0. The molecule has 3 N–H and O–H groups in total. The van der Waals surface area contributed by atoms with Gasteiger partial charge in [0.2, 0.25) is 11.8 Å². The number of carbonyl (C=O) groups excluding carboxylic acids is 2. The summed E-state index contributed by atoms with van der Waals surface area (Å²) in [5.74, 6) is -3.75. The van der Waals surface area contributed by atoms with Gasteiger partial charge in [0.05, 0.1) is 12.6 Å². The summed E-state index contributed by atoms with van der Waals surface area (Å²) in [4.78, 5) is 22.9. The van der Waals surface area contributed by atoms with Gasteiger partial charge in [0.25, 0.3) is 5.92 Å². The van der Waals surface area contributed by atoms with Gasteiger partial charge >= 0.3 is 0 Å². The van der Waals surface area contributed by atoms with E-state index in [1.807, 2.05) is 0 Å². The Morgan fingerprint density at radius 3 is 2.65 bits per heavy atom. The topological polar surface area (TPSA) is 70.2 Å². The summed E-state index contributed by atoms with van der Waals surface area (Å²) in [5.41, 5.74) is 0. The smallest absolute Gasteiger partial charge is 0.262 e. The van der Waals surface area contributed by atoms with Crippen LogP contribution in [0.15, 0.2) is 0 Å². The number of hydrogen-bond donors (Lipinski definition) is 3. The van der Waals surface area contributed by atoms with Gasteiger partial charge in [-0.15, -0.1) is 0 Å². The van der Waals surface area contributed by atoms with Crippen LogP contribution in [-0.2, 0) is 9.59 Å². The van der Waals surface area contributed by atoms with Crippen molar-refractivity contribution in [2.75, 3.05) is 13.1 Å². The third-order valence-corrected chi connectivity index (χ3v) is 2.53. The van der Waals surface area contributed by atoms with Gasteiger partial charge in [-0.3, -0.25) is 14.9 Å². The van der Waals surface area contributed by atoms with E-state index in [4.69, 9.17) is 0 Å². The Kier molecular flexibility index (Phi) is 4.39. The van der Waals surface area contributed by atoms with Crippen LogP contribution < -0.4 is 16.0 Å². The summed E-state index contributed by atoms with van der Waals surface area (Å²) in [6.07, 6.45) is -0.527. The first-order valence-corrected chi connectivity index (χ1v) is 5.55. The summed E-state index contributed by atoms with van der Waals surface area (Å²) in [5, 5.41) is 7.36. The number of amides is 2. The molecule has 98 valence electrons. The zero-order valence-electron chi connectivity index (χ0n) is 9.85. The highest BCUT2D eigenvalue weighted by Gasteiger charge is 2.42. The quantitative estimate of drug-likeness (QED) is 0.636. The highest BCUT2D eigenvalue weighted by atomic mass is 19.3. The van der Waals surface area contributed by atoms with Crippen molar-refractivity contribution >= 4 is 11.8 Å². The molecule has 1 rings (SSSR count). The van der Waals surface area contributed by atoms with Crippen LogP contribution in [0.2, 0.25) is 0 Å². The van der Waals surface area contributed by atoms with Crippen molar-refractivity contribution in [1.82, 2.24) is 16.0 Å². The molecule has 1 aliphatic rings. The molecule has 0 radical (unpaired) electrons. The van der Waals surface area contributed by atoms with Crippen LogP contribution in [0.3, 0.4) is 0 Å². The molecular formula is C10H17F2N3O2. The first-order valence-electron chi connectivity index (χ1n) is 5.55. The lowest BCUT2D eigenvalue weighted by Crippen LogP contribution is -2.50. The maximum absolute atomic E-state index is 12.8. The summed E-state index contributed by atoms with van der Waals surface area (Å²) < 4.78 is 25.7. The number of carbonyl (C=O) groups is 2. The van der Waals surface area contributed by atoms with Gasteiger partial charge in [-0.1, -0.05) is 0 Å². The van der Waals surface area contributed by atoms with Gasteiger partial charge in [-0.05, 0) is 13.8 Å². The number of halogens is 2. The van der Waals surface area contributed by atoms with E-state index in [1.165, 1.54) is 6.92 Å². The van der Waals surface area contributed by atoms with Gasteiger partial charge in [-0.25, -0.2) is 8.78 Å². The number of likely N-dealkylation sites (N-methyl/N-ethyl adjacent to an activating group) is 1. The summed E-state index contributed by atoms with van der Waals surface area (Å²) >= 11 is 0. The van der Waals surface area contributed by atoms with Crippen LogP contribution in [-0.4, -0.2) is 42.9 Å². The first kappa shape index (κ1) is 13.8. The van der Waals surface area contributed by atoms with Crippen LogP contribution in [0.1, 0.15) is 20.3 Å². The van der Waals surface area contributed by atoms with Gasteiger partial charge in [0.15, 0.2) is 0 Å². The standard InChI is InChI=1S/C10H17F2N3O2/c1-3-13-8(16)6(2)15-9(17)7-4-10(11,12)5-14-7/h6-7,14H,3-5H2,1-2H3,(H,13,16)(H,15,17). The molecule has 0 aliphatic carbocycles. The summed E-state index contributed by atoms with van der Waals surface area (Å²) in [6.45, 7) is 3.22. The Bertz CT molecular complexity index is 310. The second-order valence-electron chi connectivity index (χ2n) is 4.12. The van der Waals surface area contributed by atoms with Crippen molar-refractivity contribution in [3.8, 4) is 0 Å². The van der Waals surface area contributed by atoms with Crippen molar-refractivity contribution in [3.05, 3.63) is 0 Å². The Morgan fingerprint density at radius 2 is 2.18 bits per heavy atom. The second kappa shape index (κ2) is 5.39. The first-order chi connectivity index (χ1) is 7.85. The number of alkyl halides is 2. The predicted octanol–water partition coefficient (Wildman–Crippen LogP) is -0.376. The lowest BCUT2D eigenvalue weighted by atomic mass is 10.1. The Balaban J connectivity index is 2.42. The van der Waals surface area contributed by atoms with E-state index in [0.717, 1.165) is 0 Å². The molecule has 0 saturated carbocycles. The van der Waals surface area contributed by atoms with E-state index in [9.17, 15) is 18.4 Å². The SMILES string of the molecule is CCNC(=O)C(C)NC(=O)C1CC(F)(F)CN1. The monoisotopic (exact) mass is 249 g/mol. The molecule has 0 aromatic rings. The zero-order chi connectivity index (χ0) is 13.1. The van der Waals surface area contributed by atoms with Gasteiger partial charge < -0.3 is 10.6 Å². The van der Waals surface area contributed by atoms with Crippen LogP contribution >= 0.6 is 0 Å². The molecule has 5 nitrogen and oxygen atoms in total. The van der Waals surface area contributed by atoms with E-state index < -0.39 is 36.9 Å². The molecular weight excluding hydrogens is 232 g/mol. The maximum Gasteiger partial charge on any atom is 0.262 e. The lowest BCUT2D eigenvalue weighted by molar-refractivity contribution is -0.129. The van der Waals surface area contributed by atoms with E-state index >= 15 is 0 Å². The number of rotatable bonds is 4. The minimum Gasteiger partial charge on any atom is -0.355 e. The van der Waals surface area contributed by atoms with Crippen molar-refractivity contribution in [1.29, 1.82) is 0 Å². The van der Waals surface area contributed by atoms with Crippen molar-refractivity contribution in [2.45, 2.75) is 38.3 Å². The lowest BCUT2D eigenvalue weighted by Gasteiger charge is -2.16. The molecule has 1 fully saturated rings. The van der Waals surface area contributed by atoms with E-state index in [1.54, 1.807) is 6.92 Å². The molecule has 7 heteroatoms. The number of nitrogens with one attached hydrogen (secondary N) is 3. The average Bonchev–Trinajstić information content (AvgIpc) is 2.59. The predicted molar refractivity (Wildman–Crippen MR) is 57.6 cm³/mol. The third kappa shape index (κ3) is 3.92. The summed E-state index contributed by atoms with van der Waals surface area (Å²) in [6, 6.07) is -1.65. The largest absolute Gasteiger partial charge is 0.355 e. The number of hydrogen-bond acceptors (Lipinski definition) is 3. The Hall–Kier alpha value is -1.24. The van der Waals surface area contributed by atoms with E-state index in [-0.39, 0.29) is 5.91 Å².